The van der Waals surface area contributed by atoms with Crippen molar-refractivity contribution >= 4 is 22.6 Å². The fourth-order valence-corrected chi connectivity index (χ4v) is 3.30. The van der Waals surface area contributed by atoms with Gasteiger partial charge in [-0.1, -0.05) is 90.5 Å². The van der Waals surface area contributed by atoms with Gasteiger partial charge in [-0.2, -0.15) is 0 Å². The molecule has 0 atom stereocenters. The Kier molecular flexibility index (Phi) is 5.53. The van der Waals surface area contributed by atoms with E-state index in [1.807, 2.05) is 79.7 Å². The molecule has 0 unspecified atom stereocenters. The van der Waals surface area contributed by atoms with Crippen molar-refractivity contribution < 1.29 is 9.53 Å². The maximum absolute atomic E-state index is 12.4. The highest BCUT2D eigenvalue weighted by atomic mass is 16.5. The zero-order valence-corrected chi connectivity index (χ0v) is 16.3. The second-order valence-electron chi connectivity index (χ2n) is 7.03. The van der Waals surface area contributed by atoms with Crippen LogP contribution in [0.2, 0.25) is 0 Å². The second-order valence-corrected chi connectivity index (χ2v) is 7.03. The van der Waals surface area contributed by atoms with E-state index in [4.69, 9.17) is 4.74 Å². The zero-order chi connectivity index (χ0) is 20.1. The average Bonchev–Trinajstić information content (AvgIpc) is 2.77. The Hall–Kier alpha value is -3.65. The Morgan fingerprint density at radius 2 is 1.55 bits per heavy atom. The maximum Gasteiger partial charge on any atom is 0.185 e. The molecule has 4 aromatic rings. The zero-order valence-electron chi connectivity index (χ0n) is 16.3. The Morgan fingerprint density at radius 3 is 2.41 bits per heavy atom. The average molecular weight is 378 g/mol. The molecule has 0 saturated carbocycles. The van der Waals surface area contributed by atoms with Crippen LogP contribution in [0.3, 0.4) is 0 Å². The topological polar surface area (TPSA) is 26.3 Å². The Bertz CT molecular complexity index is 1170. The van der Waals surface area contributed by atoms with Gasteiger partial charge in [-0.15, -0.1) is 0 Å². The third kappa shape index (κ3) is 4.44. The van der Waals surface area contributed by atoms with Gasteiger partial charge in [0.05, 0.1) is 0 Å². The van der Waals surface area contributed by atoms with Crippen LogP contribution in [0.25, 0.3) is 16.8 Å². The first-order valence-corrected chi connectivity index (χ1v) is 9.68. The highest BCUT2D eigenvalue weighted by Gasteiger charge is 2.05. The number of ether oxygens (including phenoxy) is 1. The maximum atomic E-state index is 12.4. The lowest BCUT2D eigenvalue weighted by atomic mass is 10.1. The molecule has 0 amide bonds. The van der Waals surface area contributed by atoms with Gasteiger partial charge >= 0.3 is 0 Å². The van der Waals surface area contributed by atoms with Crippen molar-refractivity contribution in [3.8, 4) is 5.75 Å². The summed E-state index contributed by atoms with van der Waals surface area (Å²) in [6.07, 6.45) is 3.42. The first kappa shape index (κ1) is 18.7. The predicted octanol–water partition coefficient (Wildman–Crippen LogP) is 6.62. The molecule has 0 bridgehead atoms. The molecular formula is C27H22O2. The predicted molar refractivity (Wildman–Crippen MR) is 119 cm³/mol. The van der Waals surface area contributed by atoms with E-state index in [9.17, 15) is 4.79 Å². The van der Waals surface area contributed by atoms with Crippen LogP contribution in [0.5, 0.6) is 5.75 Å². The molecule has 4 rings (SSSR count). The van der Waals surface area contributed by atoms with Crippen molar-refractivity contribution in [3.63, 3.8) is 0 Å². The van der Waals surface area contributed by atoms with E-state index >= 15 is 0 Å². The molecule has 0 aliphatic rings. The van der Waals surface area contributed by atoms with Crippen LogP contribution in [-0.4, -0.2) is 5.78 Å². The van der Waals surface area contributed by atoms with Gasteiger partial charge in [-0.25, -0.2) is 0 Å². The summed E-state index contributed by atoms with van der Waals surface area (Å²) in [5.41, 5.74) is 3.84. The number of aryl methyl sites for hydroxylation is 1. The van der Waals surface area contributed by atoms with Crippen molar-refractivity contribution in [2.75, 3.05) is 0 Å². The van der Waals surface area contributed by atoms with Crippen LogP contribution >= 0.6 is 0 Å². The molecule has 0 radical (unpaired) electrons. The van der Waals surface area contributed by atoms with Crippen LogP contribution in [0.1, 0.15) is 27.0 Å². The summed E-state index contributed by atoms with van der Waals surface area (Å²) in [5, 5.41) is 2.39. The van der Waals surface area contributed by atoms with E-state index in [-0.39, 0.29) is 5.78 Å². The van der Waals surface area contributed by atoms with Crippen molar-refractivity contribution in [1.29, 1.82) is 0 Å². The standard InChI is InChI=1S/C27H22O2/c1-20-13-15-22(16-14-20)26(28)18-17-23-8-3-5-12-27(23)29-19-24-10-6-9-21-7-2-4-11-25(21)24/h2-18H,19H2,1H3/b18-17+. The third-order valence-corrected chi connectivity index (χ3v) is 4.93. The number of carbonyl (C=O) groups is 1. The van der Waals surface area contributed by atoms with Crippen molar-refractivity contribution in [2.45, 2.75) is 13.5 Å². The number of ketones is 1. The highest BCUT2D eigenvalue weighted by Crippen LogP contribution is 2.24. The molecule has 0 N–H and O–H groups in total. The molecule has 0 saturated heterocycles. The molecule has 4 aromatic carbocycles. The van der Waals surface area contributed by atoms with Crippen LogP contribution < -0.4 is 4.74 Å². The van der Waals surface area contributed by atoms with Crippen molar-refractivity contribution in [2.24, 2.45) is 0 Å². The number of para-hydroxylation sites is 1. The summed E-state index contributed by atoms with van der Waals surface area (Å²) in [6.45, 7) is 2.48. The van der Waals surface area contributed by atoms with E-state index in [0.717, 1.165) is 22.4 Å². The lowest BCUT2D eigenvalue weighted by Gasteiger charge is -2.11. The molecule has 29 heavy (non-hydrogen) atoms. The summed E-state index contributed by atoms with van der Waals surface area (Å²) in [7, 11) is 0. The molecule has 0 heterocycles. The number of carbonyl (C=O) groups excluding carboxylic acids is 1. The summed E-state index contributed by atoms with van der Waals surface area (Å²) in [6, 6.07) is 29.9. The molecule has 142 valence electrons. The number of benzene rings is 4. The minimum absolute atomic E-state index is 0.0196. The normalized spacial score (nSPS) is 11.1. The van der Waals surface area contributed by atoms with Crippen LogP contribution in [0, 0.1) is 6.92 Å². The van der Waals surface area contributed by atoms with E-state index in [1.54, 1.807) is 6.08 Å². The molecule has 0 aromatic heterocycles. The molecular weight excluding hydrogens is 356 g/mol. The van der Waals surface area contributed by atoms with E-state index < -0.39 is 0 Å². The third-order valence-electron chi connectivity index (χ3n) is 4.93. The van der Waals surface area contributed by atoms with Crippen molar-refractivity contribution in [1.82, 2.24) is 0 Å². The molecule has 0 aliphatic carbocycles. The summed E-state index contributed by atoms with van der Waals surface area (Å²) >= 11 is 0. The van der Waals surface area contributed by atoms with Gasteiger partial charge in [-0.05, 0) is 41.5 Å². The van der Waals surface area contributed by atoms with Gasteiger partial charge in [0.2, 0.25) is 0 Å². The van der Waals surface area contributed by atoms with Gasteiger partial charge in [0, 0.05) is 11.1 Å². The number of hydrogen-bond acceptors (Lipinski definition) is 2. The number of hydrogen-bond donors (Lipinski definition) is 0. The lowest BCUT2D eigenvalue weighted by Crippen LogP contribution is -1.98. The largest absolute Gasteiger partial charge is 0.488 e. The molecule has 2 heteroatoms. The number of allylic oxidation sites excluding steroid dienone is 1. The Morgan fingerprint density at radius 1 is 0.828 bits per heavy atom. The van der Waals surface area contributed by atoms with Gasteiger partial charge < -0.3 is 4.74 Å². The second kappa shape index (κ2) is 8.57. The van der Waals surface area contributed by atoms with Gasteiger partial charge in [0.15, 0.2) is 5.78 Å². The fraction of sp³-hybridized carbons (Fsp3) is 0.0741. The van der Waals surface area contributed by atoms with Gasteiger partial charge in [0.25, 0.3) is 0 Å². The Balaban J connectivity index is 1.52. The monoisotopic (exact) mass is 378 g/mol. The summed E-state index contributed by atoms with van der Waals surface area (Å²) < 4.78 is 6.12. The molecule has 2 nitrogen and oxygen atoms in total. The fourth-order valence-electron chi connectivity index (χ4n) is 3.30. The quantitative estimate of drug-likeness (QED) is 0.278. The lowest BCUT2D eigenvalue weighted by molar-refractivity contribution is 0.104. The number of fused-ring (bicyclic) bond motifs is 1. The van der Waals surface area contributed by atoms with Crippen LogP contribution in [-0.2, 0) is 6.61 Å². The highest BCUT2D eigenvalue weighted by molar-refractivity contribution is 6.06. The Labute approximate surface area is 171 Å². The summed E-state index contributed by atoms with van der Waals surface area (Å²) in [4.78, 5) is 12.4. The molecule has 0 fully saturated rings. The minimum Gasteiger partial charge on any atom is -0.488 e. The van der Waals surface area contributed by atoms with Crippen LogP contribution in [0.4, 0.5) is 0 Å². The van der Waals surface area contributed by atoms with E-state index in [1.165, 1.54) is 10.8 Å². The minimum atomic E-state index is -0.0196. The summed E-state index contributed by atoms with van der Waals surface area (Å²) in [5.74, 6) is 0.738. The van der Waals surface area contributed by atoms with E-state index in [2.05, 4.69) is 24.3 Å². The van der Waals surface area contributed by atoms with Gasteiger partial charge in [-0.3, -0.25) is 4.79 Å². The molecule has 0 aliphatic heterocycles. The van der Waals surface area contributed by atoms with Crippen LogP contribution in [0.15, 0.2) is 97.1 Å². The first-order chi connectivity index (χ1) is 14.2. The SMILES string of the molecule is Cc1ccc(C(=O)/C=C/c2ccccc2OCc2cccc3ccccc23)cc1. The van der Waals surface area contributed by atoms with Gasteiger partial charge in [0.1, 0.15) is 12.4 Å². The van der Waals surface area contributed by atoms with E-state index in [0.29, 0.717) is 12.2 Å². The molecule has 0 spiro atoms. The smallest absolute Gasteiger partial charge is 0.185 e. The number of rotatable bonds is 6. The van der Waals surface area contributed by atoms with Crippen molar-refractivity contribution in [3.05, 3.63) is 119 Å². The first-order valence-electron chi connectivity index (χ1n) is 9.68.